The number of benzene rings is 1. The molecule has 0 unspecified atom stereocenters. The molecule has 3 aromatic heterocycles. The fourth-order valence-corrected chi connectivity index (χ4v) is 3.13. The van der Waals surface area contributed by atoms with Crippen molar-refractivity contribution in [1.29, 1.82) is 0 Å². The molecule has 0 saturated carbocycles. The molecule has 0 saturated heterocycles. The van der Waals surface area contributed by atoms with Crippen LogP contribution in [-0.4, -0.2) is 20.3 Å². The van der Waals surface area contributed by atoms with E-state index in [1.807, 2.05) is 0 Å². The molecular weight excluding hydrogens is 377 g/mol. The second-order valence-electron chi connectivity index (χ2n) is 5.65. The molecule has 136 valence electrons. The zero-order chi connectivity index (χ0) is 19.0. The Bertz CT molecular complexity index is 1100. The van der Waals surface area contributed by atoms with Crippen LogP contribution in [0, 0.1) is 0 Å². The molecule has 0 aliphatic carbocycles. The molecule has 4 rings (SSSR count). The average Bonchev–Trinajstić information content (AvgIpc) is 3.30. The highest BCUT2D eigenvalue weighted by Gasteiger charge is 2.30. The summed E-state index contributed by atoms with van der Waals surface area (Å²) in [6.45, 7) is 0. The van der Waals surface area contributed by atoms with Crippen molar-refractivity contribution < 1.29 is 18.0 Å². The predicted octanol–water partition coefficient (Wildman–Crippen LogP) is 4.73. The molecule has 3 heterocycles. The van der Waals surface area contributed by atoms with Gasteiger partial charge in [-0.1, -0.05) is 12.1 Å². The molecule has 9 heteroatoms. The molecule has 0 aliphatic heterocycles. The lowest BCUT2D eigenvalue weighted by Gasteiger charge is -2.06. The smallest absolute Gasteiger partial charge is 0.306 e. The van der Waals surface area contributed by atoms with E-state index in [9.17, 15) is 18.0 Å². The van der Waals surface area contributed by atoms with Crippen LogP contribution in [0.2, 0.25) is 0 Å². The highest BCUT2D eigenvalue weighted by molar-refractivity contribution is 7.13. The number of amides is 1. The van der Waals surface area contributed by atoms with Crippen molar-refractivity contribution in [3.8, 4) is 11.3 Å². The summed E-state index contributed by atoms with van der Waals surface area (Å²) in [5, 5.41) is 4.91. The lowest BCUT2D eigenvalue weighted by molar-refractivity contribution is -0.137. The van der Waals surface area contributed by atoms with E-state index >= 15 is 0 Å². The maximum absolute atomic E-state index is 12.7. The quantitative estimate of drug-likeness (QED) is 0.552. The maximum atomic E-state index is 12.7. The molecule has 4 aromatic rings. The monoisotopic (exact) mass is 388 g/mol. The molecule has 0 spiro atoms. The van der Waals surface area contributed by atoms with Crippen LogP contribution in [0.15, 0.2) is 60.4 Å². The molecule has 1 amide bonds. The fraction of sp³-hybridized carbons (Fsp3) is 0.0556. The van der Waals surface area contributed by atoms with Gasteiger partial charge in [0.05, 0.1) is 16.8 Å². The maximum Gasteiger partial charge on any atom is 0.416 e. The van der Waals surface area contributed by atoms with Crippen molar-refractivity contribution in [3.63, 3.8) is 0 Å². The van der Waals surface area contributed by atoms with Crippen LogP contribution in [-0.2, 0) is 6.18 Å². The van der Waals surface area contributed by atoms with E-state index in [1.165, 1.54) is 23.5 Å². The Morgan fingerprint density at radius 1 is 1.15 bits per heavy atom. The van der Waals surface area contributed by atoms with Gasteiger partial charge in [-0.05, 0) is 24.3 Å². The molecule has 5 nitrogen and oxygen atoms in total. The van der Waals surface area contributed by atoms with E-state index < -0.39 is 11.7 Å². The summed E-state index contributed by atoms with van der Waals surface area (Å²) < 4.78 is 39.8. The van der Waals surface area contributed by atoms with Crippen molar-refractivity contribution in [1.82, 2.24) is 14.4 Å². The fourth-order valence-electron chi connectivity index (χ4n) is 2.61. The number of nitrogens with one attached hydrogen (secondary N) is 1. The standard InChI is InChI=1S/C18H11F3N4OS/c19-18(20,21)12-5-3-11(4-6-12)14-10-25-8-1-2-13(15(25)23-14)16(26)24-17-22-7-9-27-17/h1-10H,(H,22,24,26). The average molecular weight is 388 g/mol. The van der Waals surface area contributed by atoms with Crippen molar-refractivity contribution in [2.45, 2.75) is 6.18 Å². The predicted molar refractivity (Wildman–Crippen MR) is 95.7 cm³/mol. The van der Waals surface area contributed by atoms with Gasteiger partial charge in [0, 0.05) is 29.5 Å². The lowest BCUT2D eigenvalue weighted by atomic mass is 10.1. The minimum atomic E-state index is -4.39. The van der Waals surface area contributed by atoms with Gasteiger partial charge in [-0.25, -0.2) is 9.97 Å². The summed E-state index contributed by atoms with van der Waals surface area (Å²) in [5.41, 5.74) is 1.02. The van der Waals surface area contributed by atoms with Crippen molar-refractivity contribution in [2.75, 3.05) is 5.32 Å². The number of hydrogen-bond acceptors (Lipinski definition) is 4. The number of thiazole rings is 1. The van der Waals surface area contributed by atoms with Crippen molar-refractivity contribution >= 4 is 28.0 Å². The Morgan fingerprint density at radius 2 is 1.93 bits per heavy atom. The van der Waals surface area contributed by atoms with Crippen LogP contribution in [0.5, 0.6) is 0 Å². The summed E-state index contributed by atoms with van der Waals surface area (Å²) >= 11 is 1.29. The van der Waals surface area contributed by atoms with Gasteiger partial charge in [0.2, 0.25) is 0 Å². The SMILES string of the molecule is O=C(Nc1nccs1)c1cccn2cc(-c3ccc(C(F)(F)F)cc3)nc12. The molecule has 0 bridgehead atoms. The number of aromatic nitrogens is 3. The van der Waals surface area contributed by atoms with Gasteiger partial charge in [0.1, 0.15) is 5.65 Å². The van der Waals surface area contributed by atoms with E-state index in [1.54, 1.807) is 40.5 Å². The van der Waals surface area contributed by atoms with Crippen LogP contribution in [0.3, 0.4) is 0 Å². The largest absolute Gasteiger partial charge is 0.416 e. The number of alkyl halides is 3. The zero-order valence-electron chi connectivity index (χ0n) is 13.6. The summed E-state index contributed by atoms with van der Waals surface area (Å²) in [5.74, 6) is -0.361. The second-order valence-corrected chi connectivity index (χ2v) is 6.54. The lowest BCUT2D eigenvalue weighted by Crippen LogP contribution is -2.13. The molecule has 0 fully saturated rings. The van der Waals surface area contributed by atoms with Crippen LogP contribution in [0.1, 0.15) is 15.9 Å². The van der Waals surface area contributed by atoms with E-state index in [2.05, 4.69) is 15.3 Å². The van der Waals surface area contributed by atoms with Gasteiger partial charge in [0.25, 0.3) is 5.91 Å². The Kier molecular flexibility index (Phi) is 4.15. The van der Waals surface area contributed by atoms with Gasteiger partial charge >= 0.3 is 6.18 Å². The summed E-state index contributed by atoms with van der Waals surface area (Å²) in [7, 11) is 0. The minimum Gasteiger partial charge on any atom is -0.306 e. The number of pyridine rings is 1. The van der Waals surface area contributed by atoms with Crippen molar-refractivity contribution in [3.05, 3.63) is 71.5 Å². The number of carbonyl (C=O) groups is 1. The number of hydrogen-bond donors (Lipinski definition) is 1. The Hall–Kier alpha value is -3.20. The summed E-state index contributed by atoms with van der Waals surface area (Å²) in [4.78, 5) is 20.9. The molecule has 1 aromatic carbocycles. The van der Waals surface area contributed by atoms with Gasteiger partial charge in [-0.15, -0.1) is 11.3 Å². The van der Waals surface area contributed by atoms with Crippen LogP contribution in [0.25, 0.3) is 16.9 Å². The van der Waals surface area contributed by atoms with E-state index in [0.717, 1.165) is 12.1 Å². The summed E-state index contributed by atoms with van der Waals surface area (Å²) in [6, 6.07) is 8.06. The van der Waals surface area contributed by atoms with E-state index in [-0.39, 0.29) is 5.91 Å². The van der Waals surface area contributed by atoms with Gasteiger partial charge in [0.15, 0.2) is 5.13 Å². The number of fused-ring (bicyclic) bond motifs is 1. The first-order chi connectivity index (χ1) is 12.9. The first-order valence-corrected chi connectivity index (χ1v) is 8.66. The topological polar surface area (TPSA) is 59.3 Å². The number of carbonyl (C=O) groups excluding carboxylic acids is 1. The minimum absolute atomic E-state index is 0.339. The van der Waals surface area contributed by atoms with Crippen molar-refractivity contribution in [2.24, 2.45) is 0 Å². The van der Waals surface area contributed by atoms with Crippen LogP contribution in [0.4, 0.5) is 18.3 Å². The third-order valence-electron chi connectivity index (χ3n) is 3.89. The van der Waals surface area contributed by atoms with E-state index in [0.29, 0.717) is 27.6 Å². The molecule has 0 atom stereocenters. The highest BCUT2D eigenvalue weighted by Crippen LogP contribution is 2.31. The normalized spacial score (nSPS) is 11.7. The van der Waals surface area contributed by atoms with Gasteiger partial charge in [-0.2, -0.15) is 13.2 Å². The first-order valence-electron chi connectivity index (χ1n) is 7.78. The first kappa shape index (κ1) is 17.2. The summed E-state index contributed by atoms with van der Waals surface area (Å²) in [6.07, 6.45) is 0.575. The van der Waals surface area contributed by atoms with Crippen LogP contribution < -0.4 is 5.32 Å². The van der Waals surface area contributed by atoms with E-state index in [4.69, 9.17) is 0 Å². The Labute approximate surface area is 155 Å². The molecular formula is C18H11F3N4OS. The third-order valence-corrected chi connectivity index (χ3v) is 4.58. The van der Waals surface area contributed by atoms with Crippen LogP contribution >= 0.6 is 11.3 Å². The number of anilines is 1. The Balaban J connectivity index is 1.69. The number of nitrogens with zero attached hydrogens (tertiary/aromatic N) is 3. The number of imidazole rings is 1. The van der Waals surface area contributed by atoms with Gasteiger partial charge < -0.3 is 4.40 Å². The third kappa shape index (κ3) is 3.41. The number of halogens is 3. The highest BCUT2D eigenvalue weighted by atomic mass is 32.1. The molecule has 27 heavy (non-hydrogen) atoms. The molecule has 1 N–H and O–H groups in total. The second kappa shape index (κ2) is 6.51. The van der Waals surface area contributed by atoms with Gasteiger partial charge in [-0.3, -0.25) is 10.1 Å². The Morgan fingerprint density at radius 3 is 2.59 bits per heavy atom. The molecule has 0 radical (unpaired) electrons. The zero-order valence-corrected chi connectivity index (χ0v) is 14.4. The molecule has 0 aliphatic rings. The number of rotatable bonds is 3.